The fraction of sp³-hybridized carbons (Fsp3) is 0.654. The molecule has 0 radical (unpaired) electrons. The molecule has 1 aromatic carbocycles. The highest BCUT2D eigenvalue weighted by atomic mass is 16.6. The van der Waals surface area contributed by atoms with Gasteiger partial charge in [-0.2, -0.15) is 0 Å². The van der Waals surface area contributed by atoms with Gasteiger partial charge in [-0.25, -0.2) is 4.79 Å². The van der Waals surface area contributed by atoms with Gasteiger partial charge >= 0.3 is 6.09 Å². The summed E-state index contributed by atoms with van der Waals surface area (Å²) in [6, 6.07) is 5.97. The third kappa shape index (κ3) is 9.06. The van der Waals surface area contributed by atoms with Crippen LogP contribution >= 0.6 is 0 Å². The molecule has 0 aliphatic carbocycles. The summed E-state index contributed by atoms with van der Waals surface area (Å²) in [6.07, 6.45) is 0.193. The largest absolute Gasteiger partial charge is 0.444 e. The van der Waals surface area contributed by atoms with Gasteiger partial charge in [-0.15, -0.1) is 0 Å². The Kier molecular flexibility index (Phi) is 9.12. The van der Waals surface area contributed by atoms with Crippen molar-refractivity contribution in [3.8, 4) is 0 Å². The molecule has 0 saturated heterocycles. The van der Waals surface area contributed by atoms with Crippen molar-refractivity contribution in [2.24, 2.45) is 0 Å². The Morgan fingerprint density at radius 1 is 0.939 bits per heavy atom. The van der Waals surface area contributed by atoms with E-state index in [9.17, 15) is 14.4 Å². The normalized spacial score (nSPS) is 14.2. The van der Waals surface area contributed by atoms with Crippen LogP contribution in [-0.2, 0) is 20.7 Å². The van der Waals surface area contributed by atoms with Crippen LogP contribution in [-0.4, -0.2) is 45.5 Å². The minimum absolute atomic E-state index is 0.278. The lowest BCUT2D eigenvalue weighted by molar-refractivity contribution is -0.148. The number of hydrogen-bond donors (Lipinski definition) is 2. The van der Waals surface area contributed by atoms with Crippen molar-refractivity contribution in [3.63, 3.8) is 0 Å². The van der Waals surface area contributed by atoms with Crippen LogP contribution in [0.5, 0.6) is 0 Å². The average Bonchev–Trinajstić information content (AvgIpc) is 2.61. The molecule has 1 rings (SSSR count). The second-order valence-corrected chi connectivity index (χ2v) is 11.5. The first kappa shape index (κ1) is 28.5. The molecule has 0 bridgehead atoms. The number of aryl methyl sites for hydroxylation is 1. The monoisotopic (exact) mass is 461 g/mol. The number of benzene rings is 1. The van der Waals surface area contributed by atoms with Crippen LogP contribution in [0.15, 0.2) is 24.3 Å². The summed E-state index contributed by atoms with van der Waals surface area (Å²) in [5, 5.41) is 5.64. The third-order valence-electron chi connectivity index (χ3n) is 4.77. The third-order valence-corrected chi connectivity index (χ3v) is 4.77. The van der Waals surface area contributed by atoms with Gasteiger partial charge in [-0.1, -0.05) is 31.2 Å². The predicted molar refractivity (Wildman–Crippen MR) is 132 cm³/mol. The topological polar surface area (TPSA) is 87.7 Å². The highest BCUT2D eigenvalue weighted by Gasteiger charge is 2.41. The number of amides is 3. The number of ether oxygens (including phenoxy) is 1. The van der Waals surface area contributed by atoms with Crippen LogP contribution in [0.3, 0.4) is 0 Å². The van der Waals surface area contributed by atoms with Gasteiger partial charge in [0.2, 0.25) is 11.8 Å². The predicted octanol–water partition coefficient (Wildman–Crippen LogP) is 4.75. The van der Waals surface area contributed by atoms with Crippen molar-refractivity contribution < 1.29 is 19.1 Å². The fourth-order valence-corrected chi connectivity index (χ4v) is 3.39. The van der Waals surface area contributed by atoms with E-state index >= 15 is 0 Å². The van der Waals surface area contributed by atoms with Crippen molar-refractivity contribution in [1.29, 1.82) is 0 Å². The second kappa shape index (κ2) is 10.6. The fourth-order valence-electron chi connectivity index (χ4n) is 3.39. The van der Waals surface area contributed by atoms with Gasteiger partial charge in [-0.3, -0.25) is 9.59 Å². The minimum Gasteiger partial charge on any atom is -0.444 e. The molecule has 0 aromatic heterocycles. The maximum atomic E-state index is 13.7. The lowest BCUT2D eigenvalue weighted by Crippen LogP contribution is -2.59. The summed E-state index contributed by atoms with van der Waals surface area (Å²) in [6.45, 7) is 20.3. The molecule has 2 unspecified atom stereocenters. The van der Waals surface area contributed by atoms with Crippen LogP contribution < -0.4 is 10.6 Å². The number of carbonyl (C=O) groups is 3. The maximum Gasteiger partial charge on any atom is 0.408 e. The zero-order valence-electron chi connectivity index (χ0n) is 22.3. The van der Waals surface area contributed by atoms with E-state index in [2.05, 4.69) is 17.6 Å². The van der Waals surface area contributed by atoms with E-state index in [4.69, 9.17) is 4.74 Å². The van der Waals surface area contributed by atoms with E-state index in [0.29, 0.717) is 5.56 Å². The number of carbonyl (C=O) groups excluding carboxylic acids is 3. The first-order chi connectivity index (χ1) is 14.9. The van der Waals surface area contributed by atoms with Crippen molar-refractivity contribution >= 4 is 17.9 Å². The average molecular weight is 462 g/mol. The lowest BCUT2D eigenvalue weighted by Gasteiger charge is -2.43. The van der Waals surface area contributed by atoms with Gasteiger partial charge in [0.25, 0.3) is 0 Å². The van der Waals surface area contributed by atoms with Gasteiger partial charge in [0.05, 0.1) is 0 Å². The number of nitrogens with zero attached hydrogens (tertiary/aromatic N) is 1. The van der Waals surface area contributed by atoms with Crippen LogP contribution in [0.25, 0.3) is 0 Å². The van der Waals surface area contributed by atoms with Gasteiger partial charge < -0.3 is 20.3 Å². The number of rotatable bonds is 6. The highest BCUT2D eigenvalue weighted by molar-refractivity contribution is 5.92. The van der Waals surface area contributed by atoms with E-state index in [1.54, 1.807) is 32.6 Å². The van der Waals surface area contributed by atoms with Crippen molar-refractivity contribution in [2.75, 3.05) is 0 Å². The molecule has 3 amide bonds. The molecule has 186 valence electrons. The Bertz CT molecular complexity index is 827. The molecule has 0 saturated carbocycles. The SMILES string of the molecule is CCc1ccc(C(C(=O)NC(C)(C)C)N(C(=O)C(C)NC(=O)OC(C)(C)C)C(C)(C)C)cc1. The molecule has 2 atom stereocenters. The molecule has 0 fully saturated rings. The second-order valence-electron chi connectivity index (χ2n) is 11.5. The zero-order chi connectivity index (χ0) is 25.8. The molecule has 0 spiro atoms. The Morgan fingerprint density at radius 2 is 1.45 bits per heavy atom. The molecule has 0 heterocycles. The summed E-state index contributed by atoms with van der Waals surface area (Å²) in [5.74, 6) is -0.651. The van der Waals surface area contributed by atoms with Gasteiger partial charge in [0.1, 0.15) is 17.7 Å². The molecular weight excluding hydrogens is 418 g/mol. The smallest absolute Gasteiger partial charge is 0.408 e. The van der Waals surface area contributed by atoms with Gasteiger partial charge in [-0.05, 0) is 86.8 Å². The summed E-state index contributed by atoms with van der Waals surface area (Å²) in [4.78, 5) is 41.0. The van der Waals surface area contributed by atoms with E-state index in [1.807, 2.05) is 65.8 Å². The van der Waals surface area contributed by atoms with Crippen molar-refractivity contribution in [1.82, 2.24) is 15.5 Å². The molecule has 2 N–H and O–H groups in total. The molecule has 0 aliphatic rings. The quantitative estimate of drug-likeness (QED) is 0.640. The Labute approximate surface area is 199 Å². The highest BCUT2D eigenvalue weighted by Crippen LogP contribution is 2.31. The number of nitrogens with one attached hydrogen (secondary N) is 2. The number of hydrogen-bond acceptors (Lipinski definition) is 4. The van der Waals surface area contributed by atoms with Gasteiger partial charge in [0.15, 0.2) is 0 Å². The summed E-state index contributed by atoms with van der Waals surface area (Å²) < 4.78 is 5.31. The van der Waals surface area contributed by atoms with E-state index in [1.165, 1.54) is 0 Å². The zero-order valence-corrected chi connectivity index (χ0v) is 22.3. The molecule has 33 heavy (non-hydrogen) atoms. The van der Waals surface area contributed by atoms with Crippen LogP contribution in [0.2, 0.25) is 0 Å². The summed E-state index contributed by atoms with van der Waals surface area (Å²) >= 11 is 0. The maximum absolute atomic E-state index is 13.7. The Hall–Kier alpha value is -2.57. The van der Waals surface area contributed by atoms with Gasteiger partial charge in [0, 0.05) is 11.1 Å². The van der Waals surface area contributed by atoms with E-state index in [0.717, 1.165) is 12.0 Å². The Balaban J connectivity index is 3.43. The van der Waals surface area contributed by atoms with E-state index in [-0.39, 0.29) is 11.8 Å². The molecule has 7 heteroatoms. The summed E-state index contributed by atoms with van der Waals surface area (Å²) in [5.41, 5.74) is -0.0214. The molecule has 1 aromatic rings. The van der Waals surface area contributed by atoms with Crippen molar-refractivity contribution in [3.05, 3.63) is 35.4 Å². The van der Waals surface area contributed by atoms with Crippen LogP contribution in [0.4, 0.5) is 4.79 Å². The van der Waals surface area contributed by atoms with Crippen LogP contribution in [0, 0.1) is 0 Å². The molecule has 0 aliphatic heterocycles. The lowest BCUT2D eigenvalue weighted by atomic mass is 9.94. The van der Waals surface area contributed by atoms with E-state index < -0.39 is 34.9 Å². The van der Waals surface area contributed by atoms with Crippen LogP contribution in [0.1, 0.15) is 93.3 Å². The number of alkyl carbamates (subject to hydrolysis) is 1. The van der Waals surface area contributed by atoms with Crippen molar-refractivity contribution in [2.45, 2.75) is 111 Å². The summed E-state index contributed by atoms with van der Waals surface area (Å²) in [7, 11) is 0. The Morgan fingerprint density at radius 3 is 1.85 bits per heavy atom. The first-order valence-electron chi connectivity index (χ1n) is 11.6. The molecule has 7 nitrogen and oxygen atoms in total. The minimum atomic E-state index is -0.890. The standard InChI is InChI=1S/C26H43N3O4/c1-12-18-13-15-19(16-14-18)20(21(30)28-24(3,4)5)29(25(6,7)8)22(31)17(2)27-23(32)33-26(9,10)11/h13-17,20H,12H2,1-11H3,(H,27,32)(H,28,30). The molecular formula is C26H43N3O4. The first-order valence-corrected chi connectivity index (χ1v) is 11.6.